The number of hydrogen-bond acceptors (Lipinski definition) is 2. The minimum Gasteiger partial charge on any atom is -0.381 e. The van der Waals surface area contributed by atoms with Gasteiger partial charge >= 0.3 is 0 Å². The molecule has 2 heteroatoms. The summed E-state index contributed by atoms with van der Waals surface area (Å²) in [5, 5.41) is 3.31. The van der Waals surface area contributed by atoms with Crippen LogP contribution in [0.5, 0.6) is 0 Å². The summed E-state index contributed by atoms with van der Waals surface area (Å²) in [5.74, 6) is 0.745. The molecule has 0 radical (unpaired) electrons. The first-order chi connectivity index (χ1) is 4.34. The molecule has 1 aliphatic heterocycles. The summed E-state index contributed by atoms with van der Waals surface area (Å²) in [7, 11) is 1.78. The Morgan fingerprint density at radius 1 is 1.67 bits per heavy atom. The van der Waals surface area contributed by atoms with Crippen molar-refractivity contribution in [3.05, 3.63) is 0 Å². The molecule has 1 rings (SSSR count). The van der Waals surface area contributed by atoms with Crippen LogP contribution in [-0.4, -0.2) is 26.3 Å². The molecule has 0 aromatic carbocycles. The predicted octanol–water partition coefficient (Wildman–Crippen LogP) is 0.631. The van der Waals surface area contributed by atoms with Gasteiger partial charge in [-0.05, 0) is 25.8 Å². The molecule has 1 saturated heterocycles. The van der Waals surface area contributed by atoms with Crippen molar-refractivity contribution in [1.82, 2.24) is 5.32 Å². The Morgan fingerprint density at radius 3 is 2.89 bits per heavy atom. The zero-order valence-electron chi connectivity index (χ0n) is 6.18. The Balaban J connectivity index is 2.24. The van der Waals surface area contributed by atoms with E-state index in [1.54, 1.807) is 7.11 Å². The third-order valence-corrected chi connectivity index (χ3v) is 2.13. The van der Waals surface area contributed by atoms with E-state index in [0.29, 0.717) is 6.10 Å². The van der Waals surface area contributed by atoms with Crippen LogP contribution in [0.1, 0.15) is 13.3 Å². The number of methoxy groups -OCH3 is 1. The topological polar surface area (TPSA) is 21.3 Å². The number of ether oxygens (including phenoxy) is 1. The fourth-order valence-corrected chi connectivity index (χ4v) is 1.27. The smallest absolute Gasteiger partial charge is 0.0583 e. The largest absolute Gasteiger partial charge is 0.381 e. The van der Waals surface area contributed by atoms with Gasteiger partial charge in [-0.3, -0.25) is 0 Å². The normalized spacial score (nSPS) is 30.7. The van der Waals surface area contributed by atoms with Crippen LogP contribution in [0.4, 0.5) is 0 Å². The molecule has 54 valence electrons. The third kappa shape index (κ3) is 1.66. The van der Waals surface area contributed by atoms with E-state index >= 15 is 0 Å². The van der Waals surface area contributed by atoms with Gasteiger partial charge in [0.2, 0.25) is 0 Å². The molecule has 2 nitrogen and oxygen atoms in total. The van der Waals surface area contributed by atoms with E-state index in [9.17, 15) is 0 Å². The molecular formula is C7H15NO. The molecule has 1 unspecified atom stereocenters. The third-order valence-electron chi connectivity index (χ3n) is 2.13. The molecule has 0 amide bonds. The first kappa shape index (κ1) is 7.03. The summed E-state index contributed by atoms with van der Waals surface area (Å²) < 4.78 is 5.19. The maximum Gasteiger partial charge on any atom is 0.0583 e. The number of rotatable bonds is 2. The van der Waals surface area contributed by atoms with Gasteiger partial charge in [-0.25, -0.2) is 0 Å². The lowest BCUT2D eigenvalue weighted by Crippen LogP contribution is -2.21. The lowest BCUT2D eigenvalue weighted by atomic mass is 10.0. The van der Waals surface area contributed by atoms with Crippen LogP contribution in [0.2, 0.25) is 0 Å². The fourth-order valence-electron chi connectivity index (χ4n) is 1.27. The lowest BCUT2D eigenvalue weighted by Gasteiger charge is -2.15. The van der Waals surface area contributed by atoms with Crippen LogP contribution >= 0.6 is 0 Å². The average Bonchev–Trinajstić information content (AvgIpc) is 2.37. The molecule has 1 fully saturated rings. The zero-order valence-corrected chi connectivity index (χ0v) is 6.18. The van der Waals surface area contributed by atoms with Gasteiger partial charge < -0.3 is 10.1 Å². The van der Waals surface area contributed by atoms with Gasteiger partial charge in [0.05, 0.1) is 6.10 Å². The van der Waals surface area contributed by atoms with Crippen molar-refractivity contribution in [3.63, 3.8) is 0 Å². The first-order valence-corrected chi connectivity index (χ1v) is 3.58. The SMILES string of the molecule is COC(C)[C@@H]1CCNC1. The van der Waals surface area contributed by atoms with Gasteiger partial charge in [0.25, 0.3) is 0 Å². The van der Waals surface area contributed by atoms with Crippen molar-refractivity contribution in [1.29, 1.82) is 0 Å². The van der Waals surface area contributed by atoms with E-state index < -0.39 is 0 Å². The van der Waals surface area contributed by atoms with Crippen LogP contribution in [0.3, 0.4) is 0 Å². The highest BCUT2D eigenvalue weighted by molar-refractivity contribution is 4.75. The minimum absolute atomic E-state index is 0.431. The van der Waals surface area contributed by atoms with E-state index in [0.717, 1.165) is 12.5 Å². The summed E-state index contributed by atoms with van der Waals surface area (Å²) in [6.45, 7) is 4.44. The van der Waals surface area contributed by atoms with Crippen molar-refractivity contribution >= 4 is 0 Å². The molecule has 1 N–H and O–H groups in total. The van der Waals surface area contributed by atoms with E-state index in [4.69, 9.17) is 4.74 Å². The summed E-state index contributed by atoms with van der Waals surface area (Å²) in [5.41, 5.74) is 0. The first-order valence-electron chi connectivity index (χ1n) is 3.58. The predicted molar refractivity (Wildman–Crippen MR) is 37.4 cm³/mol. The Hall–Kier alpha value is -0.0800. The molecule has 0 aromatic heterocycles. The Labute approximate surface area is 56.6 Å². The van der Waals surface area contributed by atoms with Crippen LogP contribution in [0.25, 0.3) is 0 Å². The van der Waals surface area contributed by atoms with Crippen molar-refractivity contribution in [2.45, 2.75) is 19.4 Å². The van der Waals surface area contributed by atoms with Gasteiger partial charge in [-0.1, -0.05) is 0 Å². The molecular weight excluding hydrogens is 114 g/mol. The van der Waals surface area contributed by atoms with Crippen LogP contribution in [0, 0.1) is 5.92 Å². The average molecular weight is 129 g/mol. The molecule has 0 bridgehead atoms. The van der Waals surface area contributed by atoms with Crippen molar-refractivity contribution in [3.8, 4) is 0 Å². The van der Waals surface area contributed by atoms with Crippen LogP contribution in [0.15, 0.2) is 0 Å². The molecule has 1 heterocycles. The maximum atomic E-state index is 5.19. The summed E-state index contributed by atoms with van der Waals surface area (Å²) in [6, 6.07) is 0. The molecule has 1 aliphatic rings. The lowest BCUT2D eigenvalue weighted by molar-refractivity contribution is 0.0742. The van der Waals surface area contributed by atoms with Crippen molar-refractivity contribution in [2.75, 3.05) is 20.2 Å². The summed E-state index contributed by atoms with van der Waals surface area (Å²) >= 11 is 0. The highest BCUT2D eigenvalue weighted by Crippen LogP contribution is 2.13. The Morgan fingerprint density at radius 2 is 2.44 bits per heavy atom. The second kappa shape index (κ2) is 3.18. The molecule has 0 aromatic rings. The minimum atomic E-state index is 0.431. The second-order valence-electron chi connectivity index (χ2n) is 2.69. The molecule has 0 spiro atoms. The molecule has 9 heavy (non-hydrogen) atoms. The quantitative estimate of drug-likeness (QED) is 0.590. The molecule has 0 saturated carbocycles. The van der Waals surface area contributed by atoms with Crippen LogP contribution < -0.4 is 5.32 Å². The van der Waals surface area contributed by atoms with Gasteiger partial charge in [0.15, 0.2) is 0 Å². The van der Waals surface area contributed by atoms with Crippen molar-refractivity contribution < 1.29 is 4.74 Å². The van der Waals surface area contributed by atoms with Gasteiger partial charge in [-0.2, -0.15) is 0 Å². The maximum absolute atomic E-state index is 5.19. The van der Waals surface area contributed by atoms with Crippen LogP contribution in [-0.2, 0) is 4.74 Å². The summed E-state index contributed by atoms with van der Waals surface area (Å²) in [6.07, 6.45) is 1.70. The number of nitrogens with one attached hydrogen (secondary N) is 1. The summed E-state index contributed by atoms with van der Waals surface area (Å²) in [4.78, 5) is 0. The molecule has 0 aliphatic carbocycles. The van der Waals surface area contributed by atoms with Gasteiger partial charge in [0.1, 0.15) is 0 Å². The monoisotopic (exact) mass is 129 g/mol. The van der Waals surface area contributed by atoms with E-state index in [-0.39, 0.29) is 0 Å². The fraction of sp³-hybridized carbons (Fsp3) is 1.00. The second-order valence-corrected chi connectivity index (χ2v) is 2.69. The Bertz CT molecular complexity index is 79.0. The number of hydrogen-bond donors (Lipinski definition) is 1. The Kier molecular flexibility index (Phi) is 2.49. The standard InChI is InChI=1S/C7H15NO/c1-6(9-2)7-3-4-8-5-7/h6-8H,3-5H2,1-2H3/t6?,7-/m1/s1. The zero-order chi connectivity index (χ0) is 6.69. The highest BCUT2D eigenvalue weighted by Gasteiger charge is 2.20. The van der Waals surface area contributed by atoms with Gasteiger partial charge in [0, 0.05) is 13.7 Å². The van der Waals surface area contributed by atoms with E-state index in [2.05, 4.69) is 12.2 Å². The van der Waals surface area contributed by atoms with Gasteiger partial charge in [-0.15, -0.1) is 0 Å². The van der Waals surface area contributed by atoms with E-state index in [1.807, 2.05) is 0 Å². The van der Waals surface area contributed by atoms with E-state index in [1.165, 1.54) is 13.0 Å². The van der Waals surface area contributed by atoms with Crippen molar-refractivity contribution in [2.24, 2.45) is 5.92 Å². The molecule has 2 atom stereocenters. The highest BCUT2D eigenvalue weighted by atomic mass is 16.5.